The molecule has 1 N–H and O–H groups in total. The molecule has 2 heterocycles. The first-order chi connectivity index (χ1) is 14.3. The molecule has 10 heteroatoms. The SMILES string of the molecule is CSCCC(C(=O)Nc1ccc2c(c1)OC(F)(F)O2)N1C(=O)C2CCCCC2C1=O. The summed E-state index contributed by atoms with van der Waals surface area (Å²) in [5.74, 6) is -1.53. The second kappa shape index (κ2) is 8.05. The molecule has 1 saturated heterocycles. The van der Waals surface area contributed by atoms with Crippen LogP contribution < -0.4 is 14.8 Å². The minimum absolute atomic E-state index is 0.133. The summed E-state index contributed by atoms with van der Waals surface area (Å²) in [6.07, 6.45) is 1.57. The molecule has 7 nitrogen and oxygen atoms in total. The number of hydrogen-bond acceptors (Lipinski definition) is 6. The van der Waals surface area contributed by atoms with Gasteiger partial charge in [-0.2, -0.15) is 11.8 Å². The van der Waals surface area contributed by atoms with Crippen molar-refractivity contribution in [2.45, 2.75) is 44.4 Å². The molecule has 0 spiro atoms. The molecule has 1 aromatic carbocycles. The van der Waals surface area contributed by atoms with E-state index in [1.54, 1.807) is 0 Å². The number of imide groups is 1. The fourth-order valence-corrected chi connectivity index (χ4v) is 4.81. The fraction of sp³-hybridized carbons (Fsp3) is 0.550. The number of nitrogens with zero attached hydrogens (tertiary/aromatic N) is 1. The molecule has 3 amide bonds. The zero-order chi connectivity index (χ0) is 21.5. The highest BCUT2D eigenvalue weighted by atomic mass is 32.2. The standard InChI is InChI=1S/C20H22F2N2O5S/c1-30-9-8-14(24-18(26)12-4-2-3-5-13(12)19(24)27)17(25)23-11-6-7-15-16(10-11)29-20(21,22)28-15/h6-7,10,12-14H,2-5,8-9H2,1H3,(H,23,25). The molecule has 0 bridgehead atoms. The topological polar surface area (TPSA) is 84.9 Å². The lowest BCUT2D eigenvalue weighted by Gasteiger charge is -2.26. The second-order valence-electron chi connectivity index (χ2n) is 7.66. The lowest BCUT2D eigenvalue weighted by atomic mass is 9.81. The lowest BCUT2D eigenvalue weighted by Crippen LogP contribution is -2.48. The Balaban J connectivity index is 1.54. The number of nitrogens with one attached hydrogen (secondary N) is 1. The van der Waals surface area contributed by atoms with Crippen LogP contribution in [0.2, 0.25) is 0 Å². The highest BCUT2D eigenvalue weighted by Crippen LogP contribution is 2.43. The van der Waals surface area contributed by atoms with Crippen LogP contribution in [-0.4, -0.2) is 47.0 Å². The first-order valence-corrected chi connectivity index (χ1v) is 11.3. The number of benzene rings is 1. The van der Waals surface area contributed by atoms with E-state index in [1.165, 1.54) is 30.0 Å². The van der Waals surface area contributed by atoms with Crippen LogP contribution in [0.3, 0.4) is 0 Å². The quantitative estimate of drug-likeness (QED) is 0.684. The van der Waals surface area contributed by atoms with E-state index >= 15 is 0 Å². The molecular weight excluding hydrogens is 418 g/mol. The number of halogens is 2. The largest absolute Gasteiger partial charge is 0.586 e. The monoisotopic (exact) mass is 440 g/mol. The van der Waals surface area contributed by atoms with Crippen molar-refractivity contribution in [2.75, 3.05) is 17.3 Å². The molecule has 3 unspecified atom stereocenters. The number of carbonyl (C=O) groups is 3. The van der Waals surface area contributed by atoms with E-state index in [4.69, 9.17) is 0 Å². The van der Waals surface area contributed by atoms with Gasteiger partial charge < -0.3 is 14.8 Å². The maximum absolute atomic E-state index is 13.2. The van der Waals surface area contributed by atoms with Crippen molar-refractivity contribution < 1.29 is 32.6 Å². The molecule has 2 aliphatic heterocycles. The first-order valence-electron chi connectivity index (χ1n) is 9.87. The Morgan fingerprint density at radius 2 is 1.83 bits per heavy atom. The second-order valence-corrected chi connectivity index (χ2v) is 8.65. The third-order valence-corrected chi connectivity index (χ3v) is 6.40. The van der Waals surface area contributed by atoms with E-state index in [9.17, 15) is 23.2 Å². The van der Waals surface area contributed by atoms with Gasteiger partial charge in [-0.1, -0.05) is 12.8 Å². The normalized spacial score (nSPS) is 25.2. The molecule has 4 rings (SSSR count). The van der Waals surface area contributed by atoms with Crippen molar-refractivity contribution in [2.24, 2.45) is 11.8 Å². The predicted octanol–water partition coefficient (Wildman–Crippen LogP) is 3.24. The fourth-order valence-electron chi connectivity index (χ4n) is 4.35. The molecule has 30 heavy (non-hydrogen) atoms. The van der Waals surface area contributed by atoms with Crippen LogP contribution in [0.1, 0.15) is 32.1 Å². The molecule has 1 aliphatic carbocycles. The number of fused-ring (bicyclic) bond motifs is 2. The third-order valence-electron chi connectivity index (χ3n) is 5.75. The van der Waals surface area contributed by atoms with E-state index in [2.05, 4.69) is 14.8 Å². The van der Waals surface area contributed by atoms with Gasteiger partial charge in [0.15, 0.2) is 11.5 Å². The Labute approximate surface area is 176 Å². The van der Waals surface area contributed by atoms with Gasteiger partial charge in [-0.25, -0.2) is 0 Å². The van der Waals surface area contributed by atoms with Crippen LogP contribution in [-0.2, 0) is 14.4 Å². The Kier molecular flexibility index (Phi) is 5.61. The Bertz CT molecular complexity index is 857. The van der Waals surface area contributed by atoms with Crippen molar-refractivity contribution in [1.29, 1.82) is 0 Å². The number of thioether (sulfide) groups is 1. The number of carbonyl (C=O) groups excluding carboxylic acids is 3. The van der Waals surface area contributed by atoms with Gasteiger partial charge in [0.05, 0.1) is 11.8 Å². The summed E-state index contributed by atoms with van der Waals surface area (Å²) < 4.78 is 35.2. The van der Waals surface area contributed by atoms with E-state index in [0.717, 1.165) is 17.7 Å². The molecule has 1 saturated carbocycles. The van der Waals surface area contributed by atoms with Crippen molar-refractivity contribution in [3.8, 4) is 11.5 Å². The van der Waals surface area contributed by atoms with Crippen molar-refractivity contribution in [3.05, 3.63) is 18.2 Å². The van der Waals surface area contributed by atoms with Crippen LogP contribution in [0.15, 0.2) is 18.2 Å². The van der Waals surface area contributed by atoms with Gasteiger partial charge in [0.1, 0.15) is 6.04 Å². The smallest absolute Gasteiger partial charge is 0.395 e. The average molecular weight is 440 g/mol. The Morgan fingerprint density at radius 3 is 2.47 bits per heavy atom. The molecule has 2 fully saturated rings. The summed E-state index contributed by atoms with van der Waals surface area (Å²) >= 11 is 1.51. The van der Waals surface area contributed by atoms with Crippen molar-refractivity contribution in [1.82, 2.24) is 4.90 Å². The number of ether oxygens (including phenoxy) is 2. The zero-order valence-electron chi connectivity index (χ0n) is 16.4. The average Bonchev–Trinajstić information content (AvgIpc) is 3.15. The molecule has 0 radical (unpaired) electrons. The maximum atomic E-state index is 13.2. The van der Waals surface area contributed by atoms with E-state index < -0.39 is 18.2 Å². The highest BCUT2D eigenvalue weighted by molar-refractivity contribution is 7.98. The molecule has 162 valence electrons. The van der Waals surface area contributed by atoms with Crippen LogP contribution in [0, 0.1) is 11.8 Å². The molecule has 1 aromatic rings. The van der Waals surface area contributed by atoms with Gasteiger partial charge in [0.25, 0.3) is 0 Å². The van der Waals surface area contributed by atoms with Gasteiger partial charge in [-0.3, -0.25) is 19.3 Å². The maximum Gasteiger partial charge on any atom is 0.586 e. The summed E-state index contributed by atoms with van der Waals surface area (Å²) in [5, 5.41) is 2.63. The third kappa shape index (κ3) is 3.84. The first kappa shape index (κ1) is 20.9. The van der Waals surface area contributed by atoms with Gasteiger partial charge in [-0.15, -0.1) is 8.78 Å². The molecule has 3 atom stereocenters. The van der Waals surface area contributed by atoms with Crippen LogP contribution in [0.5, 0.6) is 11.5 Å². The highest BCUT2D eigenvalue weighted by Gasteiger charge is 2.51. The minimum atomic E-state index is -3.75. The number of alkyl halides is 2. The molecule has 3 aliphatic rings. The lowest BCUT2D eigenvalue weighted by molar-refractivity contribution is -0.286. The number of hydrogen-bond donors (Lipinski definition) is 1. The zero-order valence-corrected chi connectivity index (χ0v) is 17.2. The summed E-state index contributed by atoms with van der Waals surface area (Å²) in [4.78, 5) is 40.0. The number of rotatable bonds is 6. The summed E-state index contributed by atoms with van der Waals surface area (Å²) in [6.45, 7) is 0. The van der Waals surface area contributed by atoms with Crippen molar-refractivity contribution >= 4 is 35.2 Å². The van der Waals surface area contributed by atoms with Gasteiger partial charge in [0, 0.05) is 11.8 Å². The summed E-state index contributed by atoms with van der Waals surface area (Å²) in [5.41, 5.74) is 0.214. The summed E-state index contributed by atoms with van der Waals surface area (Å²) in [7, 11) is 0. The van der Waals surface area contributed by atoms with Crippen molar-refractivity contribution in [3.63, 3.8) is 0 Å². The Morgan fingerprint density at radius 1 is 1.20 bits per heavy atom. The van der Waals surface area contributed by atoms with E-state index in [-0.39, 0.29) is 40.8 Å². The van der Waals surface area contributed by atoms with Crippen LogP contribution in [0.25, 0.3) is 0 Å². The van der Waals surface area contributed by atoms with Crippen LogP contribution >= 0.6 is 11.8 Å². The molecule has 0 aromatic heterocycles. The van der Waals surface area contributed by atoms with E-state index in [1.807, 2.05) is 6.26 Å². The minimum Gasteiger partial charge on any atom is -0.395 e. The predicted molar refractivity (Wildman–Crippen MR) is 105 cm³/mol. The Hall–Kier alpha value is -2.36. The number of amides is 3. The van der Waals surface area contributed by atoms with Gasteiger partial charge >= 0.3 is 6.29 Å². The van der Waals surface area contributed by atoms with Crippen LogP contribution in [0.4, 0.5) is 14.5 Å². The van der Waals surface area contributed by atoms with E-state index in [0.29, 0.717) is 25.0 Å². The van der Waals surface area contributed by atoms with Gasteiger partial charge in [0.2, 0.25) is 17.7 Å². The van der Waals surface area contributed by atoms with Gasteiger partial charge in [-0.05, 0) is 43.4 Å². The number of anilines is 1. The summed E-state index contributed by atoms with van der Waals surface area (Å²) in [6, 6.07) is 2.95. The number of likely N-dealkylation sites (tertiary alicyclic amines) is 1. The molecular formula is C20H22F2N2O5S.